The molecule has 0 unspecified atom stereocenters. The first-order valence-corrected chi connectivity index (χ1v) is 9.29. The van der Waals surface area contributed by atoms with Crippen LogP contribution in [0.4, 0.5) is 5.82 Å². The van der Waals surface area contributed by atoms with Gasteiger partial charge in [0.1, 0.15) is 4.32 Å². The minimum Gasteiger partial charge on any atom is -0.292 e. The van der Waals surface area contributed by atoms with E-state index in [4.69, 9.17) is 12.2 Å². The lowest BCUT2D eigenvalue weighted by Gasteiger charge is -2.12. The molecule has 3 heterocycles. The molecule has 5 nitrogen and oxygen atoms in total. The predicted octanol–water partition coefficient (Wildman–Crippen LogP) is 2.79. The fourth-order valence-corrected chi connectivity index (χ4v) is 4.12. The van der Waals surface area contributed by atoms with Crippen molar-refractivity contribution in [2.45, 2.75) is 6.42 Å². The molecule has 24 heavy (non-hydrogen) atoms. The number of rotatable bonds is 5. The van der Waals surface area contributed by atoms with E-state index in [0.717, 1.165) is 4.88 Å². The van der Waals surface area contributed by atoms with E-state index in [9.17, 15) is 9.59 Å². The molecule has 3 rings (SSSR count). The summed E-state index contributed by atoms with van der Waals surface area (Å²) in [4.78, 5) is 30.4. The first kappa shape index (κ1) is 16.8. The first-order chi connectivity index (χ1) is 11.6. The molecule has 0 saturated carbocycles. The largest absolute Gasteiger partial charge is 0.309 e. The number of amides is 2. The van der Waals surface area contributed by atoms with Crippen LogP contribution in [-0.2, 0) is 9.59 Å². The SMILES string of the molecule is O=C(CCN1C(=O)C(=Cc2cccs2)SC1=S)Nc1cccc[nH+]1. The average Bonchev–Trinajstić information content (AvgIpc) is 3.16. The Balaban J connectivity index is 1.58. The Bertz CT molecular complexity index is 788. The Morgan fingerprint density at radius 3 is 2.92 bits per heavy atom. The van der Waals surface area contributed by atoms with Crippen molar-refractivity contribution in [3.05, 3.63) is 51.7 Å². The number of thiophene rings is 1. The van der Waals surface area contributed by atoms with E-state index in [0.29, 0.717) is 15.0 Å². The van der Waals surface area contributed by atoms with E-state index in [1.54, 1.807) is 23.6 Å². The van der Waals surface area contributed by atoms with Crippen LogP contribution in [0, 0.1) is 0 Å². The zero-order valence-corrected chi connectivity index (χ0v) is 15.0. The third kappa shape index (κ3) is 4.08. The van der Waals surface area contributed by atoms with Gasteiger partial charge in [0.25, 0.3) is 11.7 Å². The maximum atomic E-state index is 12.4. The van der Waals surface area contributed by atoms with Crippen LogP contribution in [0.1, 0.15) is 11.3 Å². The molecule has 1 fully saturated rings. The highest BCUT2D eigenvalue weighted by Gasteiger charge is 2.32. The molecule has 2 amide bonds. The van der Waals surface area contributed by atoms with Crippen LogP contribution in [0.5, 0.6) is 0 Å². The monoisotopic (exact) mass is 376 g/mol. The summed E-state index contributed by atoms with van der Waals surface area (Å²) in [5.74, 6) is 0.302. The van der Waals surface area contributed by atoms with E-state index in [2.05, 4.69) is 10.3 Å². The number of anilines is 1. The topological polar surface area (TPSA) is 63.6 Å². The maximum absolute atomic E-state index is 12.4. The average molecular weight is 377 g/mol. The summed E-state index contributed by atoms with van der Waals surface area (Å²) in [6.45, 7) is 0.269. The maximum Gasteiger partial charge on any atom is 0.309 e. The van der Waals surface area contributed by atoms with Gasteiger partial charge in [0, 0.05) is 17.5 Å². The highest BCUT2D eigenvalue weighted by atomic mass is 32.2. The van der Waals surface area contributed by atoms with Gasteiger partial charge in [0.2, 0.25) is 0 Å². The molecule has 2 aromatic heterocycles. The number of nitrogens with one attached hydrogen (secondary N) is 2. The second kappa shape index (κ2) is 7.69. The zero-order valence-electron chi connectivity index (χ0n) is 12.5. The van der Waals surface area contributed by atoms with Gasteiger partial charge in [-0.15, -0.1) is 11.3 Å². The number of aromatic nitrogens is 1. The van der Waals surface area contributed by atoms with Crippen LogP contribution in [0.2, 0.25) is 0 Å². The fraction of sp³-hybridized carbons (Fsp3) is 0.125. The normalized spacial score (nSPS) is 16.0. The number of carbonyl (C=O) groups is 2. The number of carbonyl (C=O) groups excluding carboxylic acids is 2. The standard InChI is InChI=1S/C16H13N3O2S3/c20-14(18-13-5-1-2-7-17-13)6-8-19-15(21)12(24-16(19)22)10-11-4-3-9-23-11/h1-5,7,9-10H,6,8H2,(H,17,18,20)/p+1. The van der Waals surface area contributed by atoms with Crippen molar-refractivity contribution in [3.63, 3.8) is 0 Å². The van der Waals surface area contributed by atoms with Gasteiger partial charge in [-0.2, -0.15) is 0 Å². The summed E-state index contributed by atoms with van der Waals surface area (Å²) in [7, 11) is 0. The summed E-state index contributed by atoms with van der Waals surface area (Å²) in [6, 6.07) is 9.30. The fourth-order valence-electron chi connectivity index (χ4n) is 2.09. The van der Waals surface area contributed by atoms with Crippen LogP contribution >= 0.6 is 35.3 Å². The van der Waals surface area contributed by atoms with Crippen LogP contribution in [0.15, 0.2) is 46.8 Å². The number of aromatic amines is 1. The van der Waals surface area contributed by atoms with Gasteiger partial charge >= 0.3 is 5.91 Å². The number of pyridine rings is 1. The quantitative estimate of drug-likeness (QED) is 0.644. The summed E-state index contributed by atoms with van der Waals surface area (Å²) in [5, 5.41) is 4.70. The van der Waals surface area contributed by atoms with Crippen LogP contribution in [-0.4, -0.2) is 27.6 Å². The number of hydrogen-bond donors (Lipinski definition) is 1. The van der Waals surface area contributed by atoms with E-state index < -0.39 is 0 Å². The van der Waals surface area contributed by atoms with Crippen molar-refractivity contribution in [2.75, 3.05) is 11.9 Å². The second-order valence-corrected chi connectivity index (χ2v) is 7.58. The number of nitrogens with zero attached hydrogens (tertiary/aromatic N) is 1. The third-order valence-electron chi connectivity index (χ3n) is 3.24. The second-order valence-electron chi connectivity index (χ2n) is 4.92. The number of thioether (sulfide) groups is 1. The van der Waals surface area contributed by atoms with Crippen molar-refractivity contribution < 1.29 is 14.6 Å². The van der Waals surface area contributed by atoms with Gasteiger partial charge in [-0.3, -0.25) is 9.69 Å². The highest BCUT2D eigenvalue weighted by molar-refractivity contribution is 8.26. The smallest absolute Gasteiger partial charge is 0.292 e. The van der Waals surface area contributed by atoms with Crippen molar-refractivity contribution in [1.82, 2.24) is 4.90 Å². The summed E-state index contributed by atoms with van der Waals surface area (Å²) in [5.41, 5.74) is 0. The molecule has 1 saturated heterocycles. The molecule has 2 aromatic rings. The van der Waals surface area contributed by atoms with Gasteiger partial charge in [0.15, 0.2) is 0 Å². The van der Waals surface area contributed by atoms with E-state index in [1.165, 1.54) is 16.7 Å². The summed E-state index contributed by atoms with van der Waals surface area (Å²) >= 11 is 8.10. The summed E-state index contributed by atoms with van der Waals surface area (Å²) < 4.78 is 0.488. The molecule has 2 N–H and O–H groups in total. The van der Waals surface area contributed by atoms with Crippen LogP contribution in [0.3, 0.4) is 0 Å². The molecule has 0 atom stereocenters. The summed E-state index contributed by atoms with van der Waals surface area (Å²) in [6.07, 6.45) is 3.75. The van der Waals surface area contributed by atoms with Crippen molar-refractivity contribution in [1.29, 1.82) is 0 Å². The Kier molecular flexibility index (Phi) is 5.39. The molecule has 0 aliphatic carbocycles. The zero-order chi connectivity index (χ0) is 16.9. The Morgan fingerprint density at radius 1 is 1.33 bits per heavy atom. The minimum absolute atomic E-state index is 0.141. The molecule has 0 bridgehead atoms. The lowest BCUT2D eigenvalue weighted by atomic mass is 10.3. The van der Waals surface area contributed by atoms with Gasteiger partial charge in [0.05, 0.1) is 17.5 Å². The molecular formula is C16H14N3O2S3+. The Morgan fingerprint density at radius 2 is 2.21 bits per heavy atom. The molecule has 0 radical (unpaired) electrons. The minimum atomic E-state index is -0.172. The van der Waals surface area contributed by atoms with Crippen molar-refractivity contribution in [2.24, 2.45) is 0 Å². The van der Waals surface area contributed by atoms with Gasteiger partial charge < -0.3 is 0 Å². The molecule has 8 heteroatoms. The molecule has 0 spiro atoms. The van der Waals surface area contributed by atoms with Gasteiger partial charge in [-0.1, -0.05) is 36.1 Å². The van der Waals surface area contributed by atoms with E-state index in [-0.39, 0.29) is 24.8 Å². The van der Waals surface area contributed by atoms with Gasteiger partial charge in [-0.05, 0) is 23.6 Å². The predicted molar refractivity (Wildman–Crippen MR) is 100 cm³/mol. The van der Waals surface area contributed by atoms with Crippen molar-refractivity contribution >= 4 is 63.3 Å². The van der Waals surface area contributed by atoms with Crippen LogP contribution < -0.4 is 10.3 Å². The van der Waals surface area contributed by atoms with Crippen LogP contribution in [0.25, 0.3) is 6.08 Å². The number of thiocarbonyl (C=S) groups is 1. The lowest BCUT2D eigenvalue weighted by Crippen LogP contribution is -2.32. The molecular weight excluding hydrogens is 362 g/mol. The van der Waals surface area contributed by atoms with E-state index in [1.807, 2.05) is 35.7 Å². The lowest BCUT2D eigenvalue weighted by molar-refractivity contribution is -0.360. The van der Waals surface area contributed by atoms with E-state index >= 15 is 0 Å². The third-order valence-corrected chi connectivity index (χ3v) is 5.43. The molecule has 1 aliphatic rings. The number of hydrogen-bond acceptors (Lipinski definition) is 5. The number of H-pyrrole nitrogens is 1. The molecule has 1 aliphatic heterocycles. The van der Waals surface area contributed by atoms with Gasteiger partial charge in [-0.25, -0.2) is 15.1 Å². The highest BCUT2D eigenvalue weighted by Crippen LogP contribution is 2.33. The molecule has 0 aromatic carbocycles. The first-order valence-electron chi connectivity index (χ1n) is 7.19. The van der Waals surface area contributed by atoms with Crippen molar-refractivity contribution in [3.8, 4) is 0 Å². The Hall–Kier alpha value is -2.03. The molecule has 122 valence electrons. The Labute approximate surface area is 152 Å².